The number of nitrogens with zero attached hydrogens (tertiary/aromatic N) is 4. The minimum Gasteiger partial charge on any atom is -0.357 e. The summed E-state index contributed by atoms with van der Waals surface area (Å²) in [5.41, 5.74) is 3.96. The van der Waals surface area contributed by atoms with Crippen molar-refractivity contribution in [2.45, 2.75) is 54.0 Å². The molecule has 1 aliphatic rings. The Morgan fingerprint density at radius 3 is 2.59 bits per heavy atom. The normalized spacial score (nSPS) is 22.5. The average Bonchev–Trinajstić information content (AvgIpc) is 2.99. The largest absolute Gasteiger partial charge is 0.357 e. The first-order valence-corrected chi connectivity index (χ1v) is 8.42. The first-order valence-electron chi connectivity index (χ1n) is 8.42. The van der Waals surface area contributed by atoms with Crippen LogP contribution in [0, 0.1) is 19.3 Å². The predicted octanol–water partition coefficient (Wildman–Crippen LogP) is 2.62. The van der Waals surface area contributed by atoms with Gasteiger partial charge in [0.2, 0.25) is 0 Å². The zero-order valence-electron chi connectivity index (χ0n) is 15.0. The quantitative estimate of drug-likeness (QED) is 0.687. The first kappa shape index (κ1) is 16.8. The van der Waals surface area contributed by atoms with Gasteiger partial charge in [-0.15, -0.1) is 0 Å². The maximum atomic E-state index is 4.88. The number of hydrogen-bond donors (Lipinski definition) is 1. The van der Waals surface area contributed by atoms with Gasteiger partial charge < -0.3 is 10.2 Å². The van der Waals surface area contributed by atoms with Crippen LogP contribution in [0.15, 0.2) is 4.99 Å². The summed E-state index contributed by atoms with van der Waals surface area (Å²) >= 11 is 0. The Morgan fingerprint density at radius 2 is 2.09 bits per heavy atom. The second-order valence-corrected chi connectivity index (χ2v) is 6.78. The van der Waals surface area contributed by atoms with Gasteiger partial charge in [0, 0.05) is 37.9 Å². The molecule has 124 valence electrons. The average molecular weight is 305 g/mol. The molecule has 0 saturated carbocycles. The SMILES string of the molecule is CCNC(=NCc1c(C)nn(C)c1C)N1CCC(C)(CC)C1. The van der Waals surface area contributed by atoms with Crippen molar-refractivity contribution in [3.05, 3.63) is 17.0 Å². The fourth-order valence-electron chi connectivity index (χ4n) is 3.12. The zero-order chi connectivity index (χ0) is 16.3. The van der Waals surface area contributed by atoms with Crippen LogP contribution in [0.25, 0.3) is 0 Å². The number of rotatable bonds is 4. The number of hydrogen-bond acceptors (Lipinski definition) is 2. The van der Waals surface area contributed by atoms with Gasteiger partial charge in [-0.3, -0.25) is 4.68 Å². The molecule has 2 rings (SSSR count). The van der Waals surface area contributed by atoms with E-state index in [4.69, 9.17) is 4.99 Å². The highest BCUT2D eigenvalue weighted by molar-refractivity contribution is 5.80. The zero-order valence-corrected chi connectivity index (χ0v) is 15.0. The van der Waals surface area contributed by atoms with Crippen molar-refractivity contribution in [1.82, 2.24) is 20.0 Å². The summed E-state index contributed by atoms with van der Waals surface area (Å²) in [5.74, 6) is 1.04. The van der Waals surface area contributed by atoms with Crippen molar-refractivity contribution >= 4 is 5.96 Å². The van der Waals surface area contributed by atoms with Crippen LogP contribution in [0.1, 0.15) is 50.6 Å². The summed E-state index contributed by atoms with van der Waals surface area (Å²) in [7, 11) is 1.99. The lowest BCUT2D eigenvalue weighted by Crippen LogP contribution is -2.41. The van der Waals surface area contributed by atoms with Crippen LogP contribution >= 0.6 is 0 Å². The Labute approximate surface area is 134 Å². The summed E-state index contributed by atoms with van der Waals surface area (Å²) < 4.78 is 1.94. The Bertz CT molecular complexity index is 545. The highest BCUT2D eigenvalue weighted by Gasteiger charge is 2.33. The summed E-state index contributed by atoms with van der Waals surface area (Å²) in [6.45, 7) is 14.8. The van der Waals surface area contributed by atoms with E-state index in [1.807, 2.05) is 11.7 Å². The molecular weight excluding hydrogens is 274 g/mol. The molecule has 0 spiro atoms. The van der Waals surface area contributed by atoms with Gasteiger partial charge in [0.25, 0.3) is 0 Å². The summed E-state index contributed by atoms with van der Waals surface area (Å²) in [6, 6.07) is 0. The van der Waals surface area contributed by atoms with E-state index in [0.717, 1.165) is 31.3 Å². The molecule has 1 saturated heterocycles. The van der Waals surface area contributed by atoms with Gasteiger partial charge in [0.1, 0.15) is 0 Å². The lowest BCUT2D eigenvalue weighted by atomic mass is 9.87. The molecule has 2 heterocycles. The van der Waals surface area contributed by atoms with Crippen molar-refractivity contribution in [2.75, 3.05) is 19.6 Å². The Hall–Kier alpha value is -1.52. The van der Waals surface area contributed by atoms with Gasteiger partial charge >= 0.3 is 0 Å². The molecule has 0 radical (unpaired) electrons. The number of nitrogens with one attached hydrogen (secondary N) is 1. The number of aliphatic imine (C=N–C) groups is 1. The third-order valence-corrected chi connectivity index (χ3v) is 5.09. The smallest absolute Gasteiger partial charge is 0.194 e. The van der Waals surface area contributed by atoms with E-state index >= 15 is 0 Å². The highest BCUT2D eigenvalue weighted by atomic mass is 15.3. The molecule has 1 atom stereocenters. The van der Waals surface area contributed by atoms with Crippen LogP contribution in [0.2, 0.25) is 0 Å². The number of likely N-dealkylation sites (tertiary alicyclic amines) is 1. The molecule has 0 amide bonds. The number of aromatic nitrogens is 2. The Balaban J connectivity index is 2.14. The van der Waals surface area contributed by atoms with Crippen molar-refractivity contribution in [3.63, 3.8) is 0 Å². The van der Waals surface area contributed by atoms with Gasteiger partial charge in [0.15, 0.2) is 5.96 Å². The van der Waals surface area contributed by atoms with E-state index in [1.54, 1.807) is 0 Å². The lowest BCUT2D eigenvalue weighted by Gasteiger charge is -2.25. The van der Waals surface area contributed by atoms with Gasteiger partial charge in [0.05, 0.1) is 12.2 Å². The maximum Gasteiger partial charge on any atom is 0.194 e. The standard InChI is InChI=1S/C17H31N5/c1-7-17(5)9-10-22(12-17)16(18-8-2)19-11-15-13(3)20-21(6)14(15)4/h7-12H2,1-6H3,(H,18,19). The number of guanidine groups is 1. The molecule has 1 aromatic rings. The van der Waals surface area contributed by atoms with Gasteiger partial charge in [-0.1, -0.05) is 13.8 Å². The molecule has 22 heavy (non-hydrogen) atoms. The maximum absolute atomic E-state index is 4.88. The number of aryl methyl sites for hydroxylation is 2. The van der Waals surface area contributed by atoms with Gasteiger partial charge in [-0.05, 0) is 39.0 Å². The lowest BCUT2D eigenvalue weighted by molar-refractivity contribution is 0.322. The molecule has 1 unspecified atom stereocenters. The molecule has 5 heteroatoms. The monoisotopic (exact) mass is 305 g/mol. The summed E-state index contributed by atoms with van der Waals surface area (Å²) in [4.78, 5) is 7.29. The third-order valence-electron chi connectivity index (χ3n) is 5.09. The van der Waals surface area contributed by atoms with Crippen LogP contribution in [-0.2, 0) is 13.6 Å². The van der Waals surface area contributed by atoms with E-state index < -0.39 is 0 Å². The van der Waals surface area contributed by atoms with Crippen molar-refractivity contribution in [3.8, 4) is 0 Å². The van der Waals surface area contributed by atoms with Crippen molar-refractivity contribution in [2.24, 2.45) is 17.5 Å². The summed E-state index contributed by atoms with van der Waals surface area (Å²) in [5, 5.41) is 7.93. The summed E-state index contributed by atoms with van der Waals surface area (Å²) in [6.07, 6.45) is 2.47. The highest BCUT2D eigenvalue weighted by Crippen LogP contribution is 2.32. The van der Waals surface area contributed by atoms with Crippen LogP contribution < -0.4 is 5.32 Å². The molecule has 1 aromatic heterocycles. The van der Waals surface area contributed by atoms with E-state index in [-0.39, 0.29) is 0 Å². The van der Waals surface area contributed by atoms with Gasteiger partial charge in [-0.2, -0.15) is 5.10 Å². The molecule has 0 bridgehead atoms. The minimum atomic E-state index is 0.427. The van der Waals surface area contributed by atoms with E-state index in [1.165, 1.54) is 24.1 Å². The third kappa shape index (κ3) is 3.45. The van der Waals surface area contributed by atoms with E-state index in [9.17, 15) is 0 Å². The van der Waals surface area contributed by atoms with E-state index in [2.05, 4.69) is 49.9 Å². The van der Waals surface area contributed by atoms with Crippen LogP contribution in [0.4, 0.5) is 0 Å². The molecular formula is C17H31N5. The molecule has 1 N–H and O–H groups in total. The van der Waals surface area contributed by atoms with Crippen LogP contribution in [0.3, 0.4) is 0 Å². The molecule has 0 aliphatic carbocycles. The van der Waals surface area contributed by atoms with Gasteiger partial charge in [-0.25, -0.2) is 4.99 Å². The predicted molar refractivity (Wildman–Crippen MR) is 92.1 cm³/mol. The second-order valence-electron chi connectivity index (χ2n) is 6.78. The van der Waals surface area contributed by atoms with Crippen molar-refractivity contribution < 1.29 is 0 Å². The minimum absolute atomic E-state index is 0.427. The van der Waals surface area contributed by atoms with Crippen LogP contribution in [-0.4, -0.2) is 40.3 Å². The second kappa shape index (κ2) is 6.71. The molecule has 1 fully saturated rings. The first-order chi connectivity index (χ1) is 10.4. The van der Waals surface area contributed by atoms with Crippen LogP contribution in [0.5, 0.6) is 0 Å². The molecule has 1 aliphatic heterocycles. The fourth-order valence-corrected chi connectivity index (χ4v) is 3.12. The Kier molecular flexibility index (Phi) is 5.14. The fraction of sp³-hybridized carbons (Fsp3) is 0.765. The van der Waals surface area contributed by atoms with E-state index in [0.29, 0.717) is 12.0 Å². The van der Waals surface area contributed by atoms with Crippen molar-refractivity contribution in [1.29, 1.82) is 0 Å². The molecule has 5 nitrogen and oxygen atoms in total. The topological polar surface area (TPSA) is 45.5 Å². The molecule has 0 aromatic carbocycles. The Morgan fingerprint density at radius 1 is 1.36 bits per heavy atom.